The molecule has 2 aromatic rings. The van der Waals surface area contributed by atoms with E-state index in [-0.39, 0.29) is 17.8 Å². The van der Waals surface area contributed by atoms with Gasteiger partial charge in [0.05, 0.1) is 29.2 Å². The van der Waals surface area contributed by atoms with Crippen molar-refractivity contribution in [2.45, 2.75) is 26.8 Å². The normalized spacial score (nSPS) is 12.0. The minimum absolute atomic E-state index is 0.277. The minimum Gasteiger partial charge on any atom is -0.397 e. The summed E-state index contributed by atoms with van der Waals surface area (Å²) < 4.78 is 13.6. The molecule has 1 atom stereocenters. The van der Waals surface area contributed by atoms with E-state index in [0.717, 1.165) is 0 Å². The number of aryl methyl sites for hydroxylation is 2. The number of rotatable bonds is 3. The van der Waals surface area contributed by atoms with E-state index in [0.29, 0.717) is 28.1 Å². The molecule has 0 radical (unpaired) electrons. The van der Waals surface area contributed by atoms with Crippen molar-refractivity contribution in [1.29, 1.82) is 0 Å². The Bertz CT molecular complexity index is 685. The number of benzene rings is 1. The number of carbonyl (C=O) groups excluding carboxylic acids is 1. The van der Waals surface area contributed by atoms with Crippen LogP contribution in [0.4, 0.5) is 10.1 Å². The summed E-state index contributed by atoms with van der Waals surface area (Å²) in [4.78, 5) is 16.3. The van der Waals surface area contributed by atoms with E-state index in [1.165, 1.54) is 12.3 Å². The van der Waals surface area contributed by atoms with Gasteiger partial charge in [-0.2, -0.15) is 0 Å². The number of hydrogen-bond donors (Lipinski definition) is 2. The summed E-state index contributed by atoms with van der Waals surface area (Å²) in [6.45, 7) is 5.24. The monoisotopic (exact) mass is 287 g/mol. The lowest BCUT2D eigenvalue weighted by Crippen LogP contribution is -2.27. The first-order valence-electron chi connectivity index (χ1n) is 6.67. The minimum atomic E-state index is -0.312. The predicted octanol–water partition coefficient (Wildman–Crippen LogP) is 2.91. The summed E-state index contributed by atoms with van der Waals surface area (Å²) in [5.41, 5.74) is 8.39. The van der Waals surface area contributed by atoms with Crippen LogP contribution in [-0.4, -0.2) is 10.9 Å². The van der Waals surface area contributed by atoms with Gasteiger partial charge < -0.3 is 11.1 Å². The van der Waals surface area contributed by atoms with Crippen LogP contribution in [0.3, 0.4) is 0 Å². The van der Waals surface area contributed by atoms with Gasteiger partial charge in [-0.05, 0) is 44.0 Å². The van der Waals surface area contributed by atoms with Gasteiger partial charge in [0, 0.05) is 0 Å². The van der Waals surface area contributed by atoms with Gasteiger partial charge in [0.1, 0.15) is 5.82 Å². The summed E-state index contributed by atoms with van der Waals surface area (Å²) in [6, 6.07) is 6.20. The number of hydrogen-bond acceptors (Lipinski definition) is 3. The van der Waals surface area contributed by atoms with E-state index in [2.05, 4.69) is 10.3 Å². The van der Waals surface area contributed by atoms with Crippen molar-refractivity contribution in [3.8, 4) is 0 Å². The Morgan fingerprint density at radius 2 is 2.05 bits per heavy atom. The van der Waals surface area contributed by atoms with Crippen LogP contribution in [0.5, 0.6) is 0 Å². The number of nitrogen functional groups attached to an aromatic ring is 1. The number of amides is 1. The molecule has 1 amide bonds. The molecule has 0 fully saturated rings. The number of carbonyl (C=O) groups is 1. The van der Waals surface area contributed by atoms with Crippen LogP contribution in [-0.2, 0) is 0 Å². The van der Waals surface area contributed by atoms with Crippen LogP contribution < -0.4 is 11.1 Å². The Kier molecular flexibility index (Phi) is 4.21. The second kappa shape index (κ2) is 5.91. The zero-order valence-corrected chi connectivity index (χ0v) is 12.3. The van der Waals surface area contributed by atoms with Crippen molar-refractivity contribution >= 4 is 11.6 Å². The van der Waals surface area contributed by atoms with Crippen LogP contribution in [0.25, 0.3) is 0 Å². The van der Waals surface area contributed by atoms with Crippen LogP contribution in [0.15, 0.2) is 30.5 Å². The molecule has 1 unspecified atom stereocenters. The zero-order chi connectivity index (χ0) is 15.6. The molecule has 1 aromatic heterocycles. The molecule has 3 N–H and O–H groups in total. The fraction of sp³-hybridized carbons (Fsp3) is 0.250. The van der Waals surface area contributed by atoms with Gasteiger partial charge >= 0.3 is 0 Å². The van der Waals surface area contributed by atoms with Crippen molar-refractivity contribution in [3.63, 3.8) is 0 Å². The lowest BCUT2D eigenvalue weighted by Gasteiger charge is -2.16. The maximum atomic E-state index is 13.6. The van der Waals surface area contributed by atoms with Gasteiger partial charge in [0.2, 0.25) is 0 Å². The average molecular weight is 287 g/mol. The molecule has 110 valence electrons. The second-order valence-electron chi connectivity index (χ2n) is 5.11. The van der Waals surface area contributed by atoms with E-state index in [4.69, 9.17) is 5.73 Å². The van der Waals surface area contributed by atoms with Crippen LogP contribution in [0.2, 0.25) is 0 Å². The maximum absolute atomic E-state index is 13.6. The number of aromatic nitrogens is 1. The molecule has 5 heteroatoms. The number of nitrogens with zero attached hydrogens (tertiary/aromatic N) is 1. The van der Waals surface area contributed by atoms with Gasteiger partial charge in [-0.15, -0.1) is 0 Å². The molecule has 1 heterocycles. The molecule has 0 bridgehead atoms. The maximum Gasteiger partial charge on any atom is 0.253 e. The molecule has 21 heavy (non-hydrogen) atoms. The largest absolute Gasteiger partial charge is 0.397 e. The molecule has 0 spiro atoms. The molecule has 0 saturated heterocycles. The third kappa shape index (κ3) is 3.37. The predicted molar refractivity (Wildman–Crippen MR) is 80.4 cm³/mol. The van der Waals surface area contributed by atoms with Crippen LogP contribution >= 0.6 is 0 Å². The van der Waals surface area contributed by atoms with E-state index in [9.17, 15) is 9.18 Å². The summed E-state index contributed by atoms with van der Waals surface area (Å²) >= 11 is 0. The molecular weight excluding hydrogens is 269 g/mol. The molecule has 0 aliphatic carbocycles. The van der Waals surface area contributed by atoms with Crippen molar-refractivity contribution in [2.24, 2.45) is 0 Å². The second-order valence-corrected chi connectivity index (χ2v) is 5.11. The molecule has 4 nitrogen and oxygen atoms in total. The van der Waals surface area contributed by atoms with Gasteiger partial charge in [0.15, 0.2) is 0 Å². The smallest absolute Gasteiger partial charge is 0.253 e. The fourth-order valence-corrected chi connectivity index (χ4v) is 2.02. The topological polar surface area (TPSA) is 68.0 Å². The van der Waals surface area contributed by atoms with Gasteiger partial charge in [-0.1, -0.05) is 12.1 Å². The molecule has 0 aliphatic heterocycles. The van der Waals surface area contributed by atoms with Gasteiger partial charge in [-0.25, -0.2) is 4.39 Å². The Morgan fingerprint density at radius 3 is 2.71 bits per heavy atom. The molecule has 0 saturated carbocycles. The highest BCUT2D eigenvalue weighted by molar-refractivity contribution is 5.96. The highest BCUT2D eigenvalue weighted by Gasteiger charge is 2.15. The first kappa shape index (κ1) is 15.0. The number of nitrogens with one attached hydrogen (secondary N) is 1. The first-order chi connectivity index (χ1) is 9.88. The van der Waals surface area contributed by atoms with Crippen LogP contribution in [0, 0.1) is 19.7 Å². The lowest BCUT2D eigenvalue weighted by atomic mass is 10.1. The van der Waals surface area contributed by atoms with E-state index >= 15 is 0 Å². The summed E-state index contributed by atoms with van der Waals surface area (Å²) in [7, 11) is 0. The van der Waals surface area contributed by atoms with E-state index < -0.39 is 0 Å². The lowest BCUT2D eigenvalue weighted by molar-refractivity contribution is 0.0939. The van der Waals surface area contributed by atoms with Crippen LogP contribution in [0.1, 0.15) is 40.1 Å². The third-order valence-electron chi connectivity index (χ3n) is 3.40. The Balaban J connectivity index is 2.18. The van der Waals surface area contributed by atoms with E-state index in [1.54, 1.807) is 39.0 Å². The summed E-state index contributed by atoms with van der Waals surface area (Å²) in [5.74, 6) is -0.559. The average Bonchev–Trinajstić information content (AvgIpc) is 2.44. The Hall–Kier alpha value is -2.43. The number of anilines is 1. The Labute approximate surface area is 123 Å². The highest BCUT2D eigenvalue weighted by atomic mass is 19.1. The molecule has 1 aromatic carbocycles. The first-order valence-corrected chi connectivity index (χ1v) is 6.67. The Morgan fingerprint density at radius 1 is 1.33 bits per heavy atom. The SMILES string of the molecule is Cc1ccc(C(C)NC(=O)c2cc(N)cnc2C)cc1F. The number of halogens is 1. The van der Waals surface area contributed by atoms with Crippen molar-refractivity contribution in [3.05, 3.63) is 58.7 Å². The summed E-state index contributed by atoms with van der Waals surface area (Å²) in [6.07, 6.45) is 1.50. The molecule has 2 rings (SSSR count). The molecule has 0 aliphatic rings. The quantitative estimate of drug-likeness (QED) is 0.912. The number of nitrogens with two attached hydrogens (primary N) is 1. The van der Waals surface area contributed by atoms with Crippen molar-refractivity contribution in [2.75, 3.05) is 5.73 Å². The van der Waals surface area contributed by atoms with Crippen molar-refractivity contribution in [1.82, 2.24) is 10.3 Å². The highest BCUT2D eigenvalue weighted by Crippen LogP contribution is 2.17. The fourth-order valence-electron chi connectivity index (χ4n) is 2.02. The van der Waals surface area contributed by atoms with Gasteiger partial charge in [0.25, 0.3) is 5.91 Å². The molecular formula is C16H18FN3O. The number of pyridine rings is 1. The third-order valence-corrected chi connectivity index (χ3v) is 3.40. The standard InChI is InChI=1S/C16H18FN3O/c1-9-4-5-12(6-15(9)17)10(2)20-16(21)14-7-13(18)8-19-11(14)3/h4-8,10H,18H2,1-3H3,(H,20,21). The van der Waals surface area contributed by atoms with Crippen molar-refractivity contribution < 1.29 is 9.18 Å². The van der Waals surface area contributed by atoms with E-state index in [1.807, 2.05) is 0 Å². The summed E-state index contributed by atoms with van der Waals surface area (Å²) in [5, 5.41) is 2.83. The zero-order valence-electron chi connectivity index (χ0n) is 12.3. The van der Waals surface area contributed by atoms with Gasteiger partial charge in [-0.3, -0.25) is 9.78 Å².